The van der Waals surface area contributed by atoms with Gasteiger partial charge in [0.25, 0.3) is 0 Å². The van der Waals surface area contributed by atoms with Gasteiger partial charge in [-0.15, -0.1) is 0 Å². The SMILES string of the molecule is CC1(C)c2ccc3ccccc3c2-c2cccc(-c3cccc(-c4c5ccccc5c(-c5cccc6c5oc5ccccc56)c5ccccc45)c3)c21. The number of fused-ring (bicyclic) bond motifs is 10. The van der Waals surface area contributed by atoms with Crippen molar-refractivity contribution in [1.29, 1.82) is 0 Å². The Labute approximate surface area is 302 Å². The molecule has 1 heteroatoms. The number of rotatable bonds is 3. The van der Waals surface area contributed by atoms with Gasteiger partial charge in [-0.2, -0.15) is 0 Å². The fourth-order valence-corrected chi connectivity index (χ4v) is 9.41. The minimum Gasteiger partial charge on any atom is -0.455 e. The van der Waals surface area contributed by atoms with Crippen LogP contribution in [0.4, 0.5) is 0 Å². The van der Waals surface area contributed by atoms with Crippen LogP contribution in [0.5, 0.6) is 0 Å². The lowest BCUT2D eigenvalue weighted by atomic mass is 9.78. The number of benzene rings is 9. The quantitative estimate of drug-likeness (QED) is 0.172. The maximum atomic E-state index is 6.62. The van der Waals surface area contributed by atoms with Gasteiger partial charge in [0, 0.05) is 27.3 Å². The molecule has 0 unspecified atom stereocenters. The highest BCUT2D eigenvalue weighted by molar-refractivity contribution is 6.24. The number of hydrogen-bond acceptors (Lipinski definition) is 1. The second-order valence-corrected chi connectivity index (χ2v) is 14.8. The summed E-state index contributed by atoms with van der Waals surface area (Å²) >= 11 is 0. The van der Waals surface area contributed by atoms with E-state index in [1.54, 1.807) is 0 Å². The summed E-state index contributed by atoms with van der Waals surface area (Å²) in [6.07, 6.45) is 0. The molecule has 52 heavy (non-hydrogen) atoms. The van der Waals surface area contributed by atoms with E-state index in [9.17, 15) is 0 Å². The van der Waals surface area contributed by atoms with Crippen LogP contribution in [0.25, 0.3) is 98.8 Å². The van der Waals surface area contributed by atoms with Crippen LogP contribution in [0.1, 0.15) is 25.0 Å². The van der Waals surface area contributed by atoms with Gasteiger partial charge in [-0.25, -0.2) is 0 Å². The van der Waals surface area contributed by atoms with E-state index in [4.69, 9.17) is 4.42 Å². The highest BCUT2D eigenvalue weighted by Crippen LogP contribution is 2.55. The van der Waals surface area contributed by atoms with E-state index < -0.39 is 0 Å². The molecule has 1 nitrogen and oxygen atoms in total. The van der Waals surface area contributed by atoms with E-state index in [1.807, 2.05) is 6.07 Å². The van der Waals surface area contributed by atoms with E-state index in [0.29, 0.717) is 0 Å². The molecule has 0 spiro atoms. The molecule has 1 heterocycles. The molecular weight excluding hydrogens is 629 g/mol. The van der Waals surface area contributed by atoms with Gasteiger partial charge in [-0.05, 0) is 89.0 Å². The molecule has 1 aliphatic carbocycles. The zero-order valence-electron chi connectivity index (χ0n) is 29.1. The standard InChI is InChI=1S/C51H34O/c1-51(2)44-29-28-31-14-3-4-17-34(31)48(44)42-25-12-23-35(49(42)51)32-15-11-16-33(30-32)46-37-19-5-7-21-39(37)47(40-22-8-6-20-38(40)46)43-26-13-24-41-36-18-9-10-27-45(36)52-50(41)43/h3-30H,1-2H3. The molecule has 0 atom stereocenters. The Morgan fingerprint density at radius 1 is 0.385 bits per heavy atom. The largest absolute Gasteiger partial charge is 0.455 e. The topological polar surface area (TPSA) is 13.1 Å². The Kier molecular flexibility index (Phi) is 6.08. The molecule has 11 rings (SSSR count). The minimum atomic E-state index is -0.139. The van der Waals surface area contributed by atoms with Crippen molar-refractivity contribution in [3.8, 4) is 44.5 Å². The van der Waals surface area contributed by atoms with Crippen molar-refractivity contribution < 1.29 is 4.42 Å². The molecule has 1 aliphatic rings. The molecule has 0 N–H and O–H groups in total. The van der Waals surface area contributed by atoms with Crippen LogP contribution >= 0.6 is 0 Å². The van der Waals surface area contributed by atoms with E-state index in [1.165, 1.54) is 82.4 Å². The Bertz CT molecular complexity index is 3040. The highest BCUT2D eigenvalue weighted by atomic mass is 16.3. The predicted octanol–water partition coefficient (Wildman–Crippen LogP) is 14.4. The lowest BCUT2D eigenvalue weighted by Crippen LogP contribution is -2.16. The zero-order valence-corrected chi connectivity index (χ0v) is 29.1. The summed E-state index contributed by atoms with van der Waals surface area (Å²) in [5.74, 6) is 0. The van der Waals surface area contributed by atoms with Crippen molar-refractivity contribution in [3.05, 3.63) is 181 Å². The molecule has 0 saturated carbocycles. The molecule has 10 aromatic rings. The van der Waals surface area contributed by atoms with Crippen LogP contribution in [0, 0.1) is 0 Å². The second kappa shape index (κ2) is 10.8. The first-order chi connectivity index (χ1) is 25.6. The number of para-hydroxylation sites is 2. The third-order valence-electron chi connectivity index (χ3n) is 11.6. The van der Waals surface area contributed by atoms with E-state index in [0.717, 1.165) is 27.5 Å². The molecule has 1 aromatic heterocycles. The molecule has 0 radical (unpaired) electrons. The van der Waals surface area contributed by atoms with Gasteiger partial charge in [0.1, 0.15) is 11.2 Å². The predicted molar refractivity (Wildman–Crippen MR) is 220 cm³/mol. The van der Waals surface area contributed by atoms with Crippen LogP contribution in [-0.4, -0.2) is 0 Å². The average Bonchev–Trinajstić information content (AvgIpc) is 3.69. The van der Waals surface area contributed by atoms with Crippen molar-refractivity contribution in [1.82, 2.24) is 0 Å². The lowest BCUT2D eigenvalue weighted by molar-refractivity contribution is 0.662. The molecular formula is C51H34O. The molecule has 0 saturated heterocycles. The van der Waals surface area contributed by atoms with Gasteiger partial charge in [-0.3, -0.25) is 0 Å². The van der Waals surface area contributed by atoms with Gasteiger partial charge in [0.05, 0.1) is 0 Å². The summed E-state index contributed by atoms with van der Waals surface area (Å²) in [5.41, 5.74) is 14.6. The first-order valence-corrected chi connectivity index (χ1v) is 18.2. The smallest absolute Gasteiger partial charge is 0.143 e. The summed E-state index contributed by atoms with van der Waals surface area (Å²) in [6, 6.07) is 62.3. The third-order valence-corrected chi connectivity index (χ3v) is 11.6. The fraction of sp³-hybridized carbons (Fsp3) is 0.0588. The van der Waals surface area contributed by atoms with Crippen LogP contribution in [-0.2, 0) is 5.41 Å². The van der Waals surface area contributed by atoms with Gasteiger partial charge in [0.2, 0.25) is 0 Å². The minimum absolute atomic E-state index is 0.139. The van der Waals surface area contributed by atoms with Crippen LogP contribution in [0.15, 0.2) is 174 Å². The van der Waals surface area contributed by atoms with E-state index >= 15 is 0 Å². The lowest BCUT2D eigenvalue weighted by Gasteiger charge is -2.25. The summed E-state index contributed by atoms with van der Waals surface area (Å²) in [6.45, 7) is 4.78. The Morgan fingerprint density at radius 3 is 1.71 bits per heavy atom. The highest BCUT2D eigenvalue weighted by Gasteiger charge is 2.38. The van der Waals surface area contributed by atoms with Gasteiger partial charge < -0.3 is 4.42 Å². The molecule has 244 valence electrons. The Morgan fingerprint density at radius 2 is 0.942 bits per heavy atom. The second-order valence-electron chi connectivity index (χ2n) is 14.8. The van der Waals surface area contributed by atoms with Crippen LogP contribution < -0.4 is 0 Å². The number of furan rings is 1. The van der Waals surface area contributed by atoms with E-state index in [-0.39, 0.29) is 5.41 Å². The zero-order chi connectivity index (χ0) is 34.6. The monoisotopic (exact) mass is 662 g/mol. The normalized spacial score (nSPS) is 13.3. The maximum absolute atomic E-state index is 6.62. The Balaban J connectivity index is 1.16. The van der Waals surface area contributed by atoms with Gasteiger partial charge in [0.15, 0.2) is 0 Å². The molecule has 0 bridgehead atoms. The first kappa shape index (κ1) is 29.3. The third kappa shape index (κ3) is 3.99. The fourth-order valence-electron chi connectivity index (χ4n) is 9.41. The van der Waals surface area contributed by atoms with Crippen molar-refractivity contribution in [3.63, 3.8) is 0 Å². The average molecular weight is 663 g/mol. The molecule has 0 aliphatic heterocycles. The van der Waals surface area contributed by atoms with Crippen molar-refractivity contribution in [2.45, 2.75) is 19.3 Å². The van der Waals surface area contributed by atoms with Crippen molar-refractivity contribution >= 4 is 54.3 Å². The maximum Gasteiger partial charge on any atom is 0.143 e. The molecule has 0 fully saturated rings. The number of hydrogen-bond donors (Lipinski definition) is 0. The molecule has 0 amide bonds. The summed E-state index contributed by atoms with van der Waals surface area (Å²) in [4.78, 5) is 0. The van der Waals surface area contributed by atoms with Crippen molar-refractivity contribution in [2.75, 3.05) is 0 Å². The van der Waals surface area contributed by atoms with Crippen LogP contribution in [0.3, 0.4) is 0 Å². The Hall–Kier alpha value is -6.44. The summed E-state index contributed by atoms with van der Waals surface area (Å²) < 4.78 is 6.62. The van der Waals surface area contributed by atoms with Gasteiger partial charge in [-0.1, -0.05) is 172 Å². The van der Waals surface area contributed by atoms with Gasteiger partial charge >= 0.3 is 0 Å². The van der Waals surface area contributed by atoms with E-state index in [2.05, 4.69) is 178 Å². The molecule has 9 aromatic carbocycles. The summed E-state index contributed by atoms with van der Waals surface area (Å²) in [5, 5.41) is 9.82. The van der Waals surface area contributed by atoms with Crippen molar-refractivity contribution in [2.24, 2.45) is 0 Å². The van der Waals surface area contributed by atoms with Crippen LogP contribution in [0.2, 0.25) is 0 Å². The first-order valence-electron chi connectivity index (χ1n) is 18.2. The summed E-state index contributed by atoms with van der Waals surface area (Å²) in [7, 11) is 0.